The minimum absolute atomic E-state index is 0.257. The second-order valence-electron chi connectivity index (χ2n) is 2.85. The summed E-state index contributed by atoms with van der Waals surface area (Å²) in [7, 11) is -1.53. The monoisotopic (exact) mass is 228 g/mol. The van der Waals surface area contributed by atoms with Crippen LogP contribution in [0.3, 0.4) is 0 Å². The SMILES string of the molecule is OB(O)c1ccc2sc(F)c(S)c2c1. The van der Waals surface area contributed by atoms with Crippen LogP contribution in [0, 0.1) is 5.13 Å². The number of rotatable bonds is 1. The third-order valence-electron chi connectivity index (χ3n) is 1.94. The first-order valence-corrected chi connectivity index (χ1v) is 5.13. The molecule has 0 saturated heterocycles. The van der Waals surface area contributed by atoms with Crippen molar-refractivity contribution in [3.05, 3.63) is 23.3 Å². The Hall–Kier alpha value is -0.555. The van der Waals surface area contributed by atoms with Crippen molar-refractivity contribution >= 4 is 46.6 Å². The number of thiol groups is 1. The molecule has 2 rings (SSSR count). The minimum Gasteiger partial charge on any atom is -0.423 e. The Morgan fingerprint density at radius 3 is 2.71 bits per heavy atom. The van der Waals surface area contributed by atoms with Crippen LogP contribution in [-0.4, -0.2) is 17.2 Å². The van der Waals surface area contributed by atoms with Crippen LogP contribution in [0.1, 0.15) is 0 Å². The standard InChI is InChI=1S/C8H6BFO2S2/c10-8-7(13)5-3-4(9(11)12)1-2-6(5)14-8/h1-3,11-13H. The molecule has 0 aliphatic rings. The lowest BCUT2D eigenvalue weighted by Crippen LogP contribution is -2.29. The number of thiophene rings is 1. The summed E-state index contributed by atoms with van der Waals surface area (Å²) < 4.78 is 13.8. The smallest absolute Gasteiger partial charge is 0.423 e. The molecule has 0 amide bonds. The van der Waals surface area contributed by atoms with E-state index in [4.69, 9.17) is 10.0 Å². The van der Waals surface area contributed by atoms with Gasteiger partial charge < -0.3 is 10.0 Å². The minimum atomic E-state index is -1.53. The molecule has 0 atom stereocenters. The number of benzene rings is 1. The van der Waals surface area contributed by atoms with Crippen LogP contribution < -0.4 is 5.46 Å². The van der Waals surface area contributed by atoms with E-state index in [0.29, 0.717) is 10.8 Å². The molecule has 2 N–H and O–H groups in total. The highest BCUT2D eigenvalue weighted by atomic mass is 32.1. The van der Waals surface area contributed by atoms with E-state index in [2.05, 4.69) is 12.6 Å². The Balaban J connectivity index is 2.69. The summed E-state index contributed by atoms with van der Waals surface area (Å²) in [6, 6.07) is 4.73. The van der Waals surface area contributed by atoms with Crippen molar-refractivity contribution in [2.24, 2.45) is 0 Å². The number of fused-ring (bicyclic) bond motifs is 1. The van der Waals surface area contributed by atoms with E-state index in [1.54, 1.807) is 12.1 Å². The Morgan fingerprint density at radius 1 is 1.36 bits per heavy atom. The van der Waals surface area contributed by atoms with E-state index in [1.165, 1.54) is 6.07 Å². The van der Waals surface area contributed by atoms with Crippen LogP contribution in [0.25, 0.3) is 10.1 Å². The highest BCUT2D eigenvalue weighted by Gasteiger charge is 2.14. The molecule has 0 radical (unpaired) electrons. The van der Waals surface area contributed by atoms with Gasteiger partial charge in [0.2, 0.25) is 0 Å². The lowest BCUT2D eigenvalue weighted by molar-refractivity contribution is 0.426. The zero-order chi connectivity index (χ0) is 10.3. The first-order chi connectivity index (χ1) is 6.59. The van der Waals surface area contributed by atoms with Gasteiger partial charge in [0.1, 0.15) is 0 Å². The second kappa shape index (κ2) is 3.54. The molecular formula is C8H6BFO2S2. The van der Waals surface area contributed by atoms with E-state index < -0.39 is 7.12 Å². The van der Waals surface area contributed by atoms with Gasteiger partial charge in [0.05, 0.1) is 4.90 Å². The summed E-state index contributed by atoms with van der Waals surface area (Å²) in [5.74, 6) is 0. The Morgan fingerprint density at radius 2 is 2.07 bits per heavy atom. The van der Waals surface area contributed by atoms with Crippen LogP contribution in [0.2, 0.25) is 0 Å². The molecule has 2 aromatic rings. The van der Waals surface area contributed by atoms with Crippen LogP contribution in [0.4, 0.5) is 4.39 Å². The average molecular weight is 228 g/mol. The highest BCUT2D eigenvalue weighted by molar-refractivity contribution is 7.80. The summed E-state index contributed by atoms with van der Waals surface area (Å²) in [6.07, 6.45) is 0. The van der Waals surface area contributed by atoms with Gasteiger partial charge >= 0.3 is 7.12 Å². The van der Waals surface area contributed by atoms with Gasteiger partial charge in [-0.25, -0.2) is 0 Å². The van der Waals surface area contributed by atoms with Gasteiger partial charge in [0.15, 0.2) is 5.13 Å². The normalized spacial score (nSPS) is 10.9. The van der Waals surface area contributed by atoms with E-state index >= 15 is 0 Å². The molecule has 0 fully saturated rings. The van der Waals surface area contributed by atoms with E-state index in [0.717, 1.165) is 16.0 Å². The molecule has 0 unspecified atom stereocenters. The average Bonchev–Trinajstić information content (AvgIpc) is 2.43. The van der Waals surface area contributed by atoms with Crippen LogP contribution in [0.5, 0.6) is 0 Å². The fourth-order valence-electron chi connectivity index (χ4n) is 1.23. The molecule has 0 saturated carbocycles. The zero-order valence-corrected chi connectivity index (χ0v) is 8.65. The summed E-state index contributed by atoms with van der Waals surface area (Å²) in [4.78, 5) is 0.257. The van der Waals surface area contributed by atoms with E-state index in [1.807, 2.05) is 0 Å². The van der Waals surface area contributed by atoms with Crippen LogP contribution in [-0.2, 0) is 0 Å². The number of hydrogen-bond acceptors (Lipinski definition) is 4. The lowest BCUT2D eigenvalue weighted by Gasteiger charge is -1.98. The molecule has 0 aliphatic heterocycles. The lowest BCUT2D eigenvalue weighted by atomic mass is 9.80. The van der Waals surface area contributed by atoms with Crippen LogP contribution >= 0.6 is 24.0 Å². The van der Waals surface area contributed by atoms with Gasteiger partial charge in [-0.1, -0.05) is 12.1 Å². The van der Waals surface area contributed by atoms with E-state index in [-0.39, 0.29) is 10.0 Å². The molecule has 0 aliphatic carbocycles. The summed E-state index contributed by atoms with van der Waals surface area (Å²) in [5.41, 5.74) is 0.339. The molecule has 2 nitrogen and oxygen atoms in total. The number of hydrogen-bond donors (Lipinski definition) is 3. The van der Waals surface area contributed by atoms with Gasteiger partial charge in [0, 0.05) is 10.1 Å². The third-order valence-corrected chi connectivity index (χ3v) is 3.49. The molecule has 0 bridgehead atoms. The largest absolute Gasteiger partial charge is 0.488 e. The highest BCUT2D eigenvalue weighted by Crippen LogP contribution is 2.31. The Kier molecular flexibility index (Phi) is 2.53. The fraction of sp³-hybridized carbons (Fsp3) is 0. The quantitative estimate of drug-likeness (QED) is 0.503. The Labute approximate surface area is 89.6 Å². The molecule has 1 aromatic carbocycles. The Bertz CT molecular complexity index is 483. The summed E-state index contributed by atoms with van der Waals surface area (Å²) >= 11 is 5.00. The molecule has 0 spiro atoms. The van der Waals surface area contributed by atoms with Crippen molar-refractivity contribution < 1.29 is 14.4 Å². The maximum absolute atomic E-state index is 13.1. The van der Waals surface area contributed by atoms with Gasteiger partial charge in [-0.3, -0.25) is 0 Å². The first kappa shape index (κ1) is 9.98. The van der Waals surface area contributed by atoms with Crippen molar-refractivity contribution in [1.29, 1.82) is 0 Å². The van der Waals surface area contributed by atoms with Crippen molar-refractivity contribution in [2.75, 3.05) is 0 Å². The van der Waals surface area contributed by atoms with Crippen molar-refractivity contribution in [3.8, 4) is 0 Å². The predicted molar refractivity (Wildman–Crippen MR) is 58.9 cm³/mol. The molecule has 14 heavy (non-hydrogen) atoms. The molecular weight excluding hydrogens is 222 g/mol. The fourth-order valence-corrected chi connectivity index (χ4v) is 2.44. The van der Waals surface area contributed by atoms with Gasteiger partial charge in [-0.15, -0.1) is 24.0 Å². The molecule has 1 heterocycles. The number of halogens is 1. The second-order valence-corrected chi connectivity index (χ2v) is 4.30. The molecule has 72 valence electrons. The van der Waals surface area contributed by atoms with Gasteiger partial charge in [-0.05, 0) is 11.5 Å². The zero-order valence-electron chi connectivity index (χ0n) is 6.94. The molecule has 6 heteroatoms. The topological polar surface area (TPSA) is 40.5 Å². The van der Waals surface area contributed by atoms with Crippen molar-refractivity contribution in [2.45, 2.75) is 4.90 Å². The van der Waals surface area contributed by atoms with E-state index in [9.17, 15) is 4.39 Å². The maximum atomic E-state index is 13.1. The predicted octanol–water partition coefficient (Wildman–Crippen LogP) is 1.01. The first-order valence-electron chi connectivity index (χ1n) is 3.86. The summed E-state index contributed by atoms with van der Waals surface area (Å²) in [5, 5.41) is 18.1. The van der Waals surface area contributed by atoms with Gasteiger partial charge in [0.25, 0.3) is 0 Å². The maximum Gasteiger partial charge on any atom is 0.488 e. The summed E-state index contributed by atoms with van der Waals surface area (Å²) in [6.45, 7) is 0. The van der Waals surface area contributed by atoms with Gasteiger partial charge in [-0.2, -0.15) is 4.39 Å². The molecule has 1 aromatic heterocycles. The third kappa shape index (κ3) is 1.54. The van der Waals surface area contributed by atoms with Crippen molar-refractivity contribution in [1.82, 2.24) is 0 Å². The van der Waals surface area contributed by atoms with Crippen molar-refractivity contribution in [3.63, 3.8) is 0 Å². The van der Waals surface area contributed by atoms with Crippen LogP contribution in [0.15, 0.2) is 23.1 Å².